The van der Waals surface area contributed by atoms with Crippen LogP contribution in [0.4, 0.5) is 8.78 Å². The number of benzene rings is 1. The Labute approximate surface area is 113 Å². The topological polar surface area (TPSA) is 41.3 Å². The zero-order valence-electron chi connectivity index (χ0n) is 12.0. The lowest BCUT2D eigenvalue weighted by atomic mass is 9.84. The molecule has 0 aliphatic heterocycles. The molecule has 0 spiro atoms. The summed E-state index contributed by atoms with van der Waals surface area (Å²) in [6.07, 6.45) is 1.43. The summed E-state index contributed by atoms with van der Waals surface area (Å²) in [7, 11) is 3.97. The smallest absolute Gasteiger partial charge is 0.159 e. The van der Waals surface area contributed by atoms with Gasteiger partial charge in [0.25, 0.3) is 0 Å². The van der Waals surface area contributed by atoms with E-state index in [9.17, 15) is 8.78 Å². The summed E-state index contributed by atoms with van der Waals surface area (Å²) in [4.78, 5) is 2.09. The third-order valence-electron chi connectivity index (χ3n) is 4.11. The molecule has 0 bridgehead atoms. The van der Waals surface area contributed by atoms with E-state index in [0.717, 1.165) is 18.1 Å². The first-order chi connectivity index (χ1) is 8.85. The molecule has 1 aromatic rings. The minimum Gasteiger partial charge on any atom is -0.302 e. The van der Waals surface area contributed by atoms with Gasteiger partial charge in [-0.25, -0.2) is 8.78 Å². The number of likely N-dealkylation sites (N-methyl/N-ethyl adjacent to an activating group) is 1. The van der Waals surface area contributed by atoms with Crippen LogP contribution < -0.4 is 11.3 Å². The lowest BCUT2D eigenvalue weighted by Gasteiger charge is -2.42. The van der Waals surface area contributed by atoms with E-state index in [1.807, 2.05) is 14.1 Å². The van der Waals surface area contributed by atoms with Crippen LogP contribution in [-0.4, -0.2) is 30.6 Å². The van der Waals surface area contributed by atoms with Gasteiger partial charge in [0, 0.05) is 11.6 Å². The minimum atomic E-state index is -0.827. The molecule has 0 aromatic heterocycles. The van der Waals surface area contributed by atoms with Crippen molar-refractivity contribution in [2.24, 2.45) is 5.84 Å². The van der Waals surface area contributed by atoms with Crippen LogP contribution in [0.15, 0.2) is 18.2 Å². The summed E-state index contributed by atoms with van der Waals surface area (Å²) < 4.78 is 26.2. The van der Waals surface area contributed by atoms with Gasteiger partial charge < -0.3 is 4.90 Å². The molecule has 0 saturated carbocycles. The Bertz CT molecular complexity index is 423. The van der Waals surface area contributed by atoms with Gasteiger partial charge in [-0.3, -0.25) is 11.3 Å². The number of nitrogens with two attached hydrogens (primary N) is 1. The maximum atomic E-state index is 13.2. The van der Waals surface area contributed by atoms with Crippen molar-refractivity contribution in [1.82, 2.24) is 10.3 Å². The van der Waals surface area contributed by atoms with E-state index in [2.05, 4.69) is 24.2 Å². The van der Waals surface area contributed by atoms with Crippen molar-refractivity contribution in [3.8, 4) is 0 Å². The number of hydrogen-bond donors (Lipinski definition) is 2. The molecule has 0 aliphatic rings. The van der Waals surface area contributed by atoms with Crippen LogP contribution in [0.5, 0.6) is 0 Å². The van der Waals surface area contributed by atoms with E-state index in [1.165, 1.54) is 6.07 Å². The van der Waals surface area contributed by atoms with Crippen molar-refractivity contribution < 1.29 is 8.78 Å². The molecule has 19 heavy (non-hydrogen) atoms. The maximum Gasteiger partial charge on any atom is 0.159 e. The first-order valence-electron chi connectivity index (χ1n) is 6.42. The first-order valence-corrected chi connectivity index (χ1v) is 6.42. The molecule has 108 valence electrons. The highest BCUT2D eigenvalue weighted by atomic mass is 19.2. The molecule has 0 heterocycles. The highest BCUT2D eigenvalue weighted by Gasteiger charge is 2.34. The Morgan fingerprint density at radius 1 is 1.32 bits per heavy atom. The number of rotatable bonds is 6. The number of hydrazine groups is 1. The number of nitrogens with zero attached hydrogens (tertiary/aromatic N) is 1. The number of hydrogen-bond acceptors (Lipinski definition) is 3. The highest BCUT2D eigenvalue weighted by Crippen LogP contribution is 2.24. The average molecular weight is 271 g/mol. The van der Waals surface area contributed by atoms with Crippen LogP contribution in [0.1, 0.15) is 25.8 Å². The Morgan fingerprint density at radius 3 is 2.37 bits per heavy atom. The van der Waals surface area contributed by atoms with Crippen LogP contribution in [0.25, 0.3) is 0 Å². The molecule has 0 saturated heterocycles. The van der Waals surface area contributed by atoms with Crippen molar-refractivity contribution in [1.29, 1.82) is 0 Å². The van der Waals surface area contributed by atoms with Crippen LogP contribution in [0.3, 0.4) is 0 Å². The first kappa shape index (κ1) is 16.0. The predicted octanol–water partition coefficient (Wildman–Crippen LogP) is 2.07. The van der Waals surface area contributed by atoms with Gasteiger partial charge in [-0.05, 0) is 51.6 Å². The van der Waals surface area contributed by atoms with Crippen molar-refractivity contribution >= 4 is 0 Å². The quantitative estimate of drug-likeness (QED) is 0.615. The second-order valence-corrected chi connectivity index (χ2v) is 5.28. The Balaban J connectivity index is 2.95. The van der Waals surface area contributed by atoms with Gasteiger partial charge >= 0.3 is 0 Å². The molecule has 5 heteroatoms. The van der Waals surface area contributed by atoms with E-state index in [4.69, 9.17) is 5.84 Å². The van der Waals surface area contributed by atoms with Crippen molar-refractivity contribution in [2.75, 3.05) is 14.1 Å². The monoisotopic (exact) mass is 271 g/mol. The van der Waals surface area contributed by atoms with Crippen molar-refractivity contribution in [2.45, 2.75) is 38.3 Å². The van der Waals surface area contributed by atoms with Crippen molar-refractivity contribution in [3.63, 3.8) is 0 Å². The molecular weight excluding hydrogens is 248 g/mol. The molecule has 0 aliphatic carbocycles. The zero-order chi connectivity index (χ0) is 14.6. The fraction of sp³-hybridized carbons (Fsp3) is 0.571. The van der Waals surface area contributed by atoms with Gasteiger partial charge in [0.15, 0.2) is 11.6 Å². The number of nitrogens with one attached hydrogen (secondary N) is 1. The van der Waals surface area contributed by atoms with Gasteiger partial charge in [0.05, 0.1) is 0 Å². The Hall–Kier alpha value is -1.04. The normalized spacial score (nSPS) is 16.4. The van der Waals surface area contributed by atoms with Crippen LogP contribution in [0.2, 0.25) is 0 Å². The second kappa shape index (κ2) is 6.41. The summed E-state index contributed by atoms with van der Waals surface area (Å²) in [5, 5.41) is 0. The molecule has 0 radical (unpaired) electrons. The third-order valence-corrected chi connectivity index (χ3v) is 4.11. The average Bonchev–Trinajstić information content (AvgIpc) is 2.38. The summed E-state index contributed by atoms with van der Waals surface area (Å²) >= 11 is 0. The van der Waals surface area contributed by atoms with Gasteiger partial charge in [-0.1, -0.05) is 13.0 Å². The highest BCUT2D eigenvalue weighted by molar-refractivity contribution is 5.20. The molecule has 1 rings (SSSR count). The summed E-state index contributed by atoms with van der Waals surface area (Å²) in [6.45, 7) is 4.17. The van der Waals surface area contributed by atoms with E-state index in [0.29, 0.717) is 6.42 Å². The second-order valence-electron chi connectivity index (χ2n) is 5.28. The van der Waals surface area contributed by atoms with Gasteiger partial charge in [-0.15, -0.1) is 0 Å². The number of halogens is 2. The predicted molar refractivity (Wildman–Crippen MR) is 73.6 cm³/mol. The third kappa shape index (κ3) is 3.49. The van der Waals surface area contributed by atoms with E-state index >= 15 is 0 Å². The van der Waals surface area contributed by atoms with E-state index in [1.54, 1.807) is 6.07 Å². The molecule has 2 unspecified atom stereocenters. The van der Waals surface area contributed by atoms with E-state index in [-0.39, 0.29) is 11.6 Å². The fourth-order valence-corrected chi connectivity index (χ4v) is 2.23. The molecule has 3 nitrogen and oxygen atoms in total. The summed E-state index contributed by atoms with van der Waals surface area (Å²) in [5.41, 5.74) is 3.36. The Kier molecular flexibility index (Phi) is 5.40. The lowest BCUT2D eigenvalue weighted by molar-refractivity contribution is 0.112. The SMILES string of the molecule is CCC(C)(C(Cc1ccc(F)c(F)c1)NN)N(C)C. The van der Waals surface area contributed by atoms with Crippen LogP contribution in [0, 0.1) is 11.6 Å². The van der Waals surface area contributed by atoms with Crippen molar-refractivity contribution in [3.05, 3.63) is 35.4 Å². The lowest BCUT2D eigenvalue weighted by Crippen LogP contribution is -2.59. The molecule has 2 atom stereocenters. The Morgan fingerprint density at radius 2 is 1.95 bits per heavy atom. The molecule has 0 amide bonds. The van der Waals surface area contributed by atoms with E-state index < -0.39 is 11.6 Å². The van der Waals surface area contributed by atoms with Gasteiger partial charge in [0.2, 0.25) is 0 Å². The fourth-order valence-electron chi connectivity index (χ4n) is 2.23. The molecule has 0 fully saturated rings. The summed E-state index contributed by atoms with van der Waals surface area (Å²) in [5.74, 6) is 3.99. The zero-order valence-corrected chi connectivity index (χ0v) is 12.0. The minimum absolute atomic E-state index is 0.0580. The standard InChI is InChI=1S/C14H23F2N3/c1-5-14(2,19(3)4)13(18-17)9-10-6-7-11(15)12(16)8-10/h6-8,13,18H,5,9,17H2,1-4H3. The van der Waals surface area contributed by atoms with Crippen LogP contribution in [-0.2, 0) is 6.42 Å². The molecule has 1 aromatic carbocycles. The largest absolute Gasteiger partial charge is 0.302 e. The van der Waals surface area contributed by atoms with Crippen LogP contribution >= 0.6 is 0 Å². The molecule has 3 N–H and O–H groups in total. The molecular formula is C14H23F2N3. The van der Waals surface area contributed by atoms with Gasteiger partial charge in [-0.2, -0.15) is 0 Å². The van der Waals surface area contributed by atoms with Gasteiger partial charge in [0.1, 0.15) is 0 Å². The summed E-state index contributed by atoms with van der Waals surface area (Å²) in [6, 6.07) is 3.91. The maximum absolute atomic E-state index is 13.2.